The fourth-order valence-corrected chi connectivity index (χ4v) is 3.86. The van der Waals surface area contributed by atoms with Crippen molar-refractivity contribution in [2.24, 2.45) is 5.92 Å². The van der Waals surface area contributed by atoms with Gasteiger partial charge in [0.1, 0.15) is 5.82 Å². The molecular weight excluding hydrogens is 303 g/mol. The Kier molecular flexibility index (Phi) is 3.75. The quantitative estimate of drug-likeness (QED) is 0.940. The van der Waals surface area contributed by atoms with E-state index in [2.05, 4.69) is 22.3 Å². The molecule has 0 bridgehead atoms. The van der Waals surface area contributed by atoms with Crippen molar-refractivity contribution in [3.63, 3.8) is 0 Å². The van der Waals surface area contributed by atoms with Crippen molar-refractivity contribution in [1.29, 1.82) is 0 Å². The molecule has 2 aromatic rings. The third-order valence-electron chi connectivity index (χ3n) is 5.32. The smallest absolute Gasteiger partial charge is 0.223 e. The normalized spacial score (nSPS) is 22.6. The van der Waals surface area contributed by atoms with Crippen molar-refractivity contribution >= 4 is 11.6 Å². The summed E-state index contributed by atoms with van der Waals surface area (Å²) in [5, 5.41) is 2.84. The first-order valence-corrected chi connectivity index (χ1v) is 8.52. The molecule has 0 spiro atoms. The number of carbonyl (C=O) groups is 1. The molecule has 1 saturated heterocycles. The van der Waals surface area contributed by atoms with Crippen molar-refractivity contribution in [2.75, 3.05) is 18.0 Å². The average Bonchev–Trinajstić information content (AvgIpc) is 3.12. The lowest BCUT2D eigenvalue weighted by Crippen LogP contribution is -2.19. The number of hydrogen-bond donors (Lipinski definition) is 1. The van der Waals surface area contributed by atoms with Crippen LogP contribution in [0, 0.1) is 11.7 Å². The second kappa shape index (κ2) is 5.93. The Bertz CT molecular complexity index is 775. The number of rotatable bonds is 3. The van der Waals surface area contributed by atoms with Gasteiger partial charge >= 0.3 is 0 Å². The van der Waals surface area contributed by atoms with Crippen LogP contribution in [0.15, 0.2) is 42.5 Å². The zero-order valence-electron chi connectivity index (χ0n) is 13.8. The van der Waals surface area contributed by atoms with E-state index in [0.29, 0.717) is 12.1 Å². The van der Waals surface area contributed by atoms with Crippen LogP contribution < -0.4 is 10.2 Å². The maximum absolute atomic E-state index is 14.7. The van der Waals surface area contributed by atoms with Crippen LogP contribution in [0.3, 0.4) is 0 Å². The molecule has 0 unspecified atom stereocenters. The Balaban J connectivity index is 1.62. The second-order valence-electron chi connectivity index (χ2n) is 6.80. The Morgan fingerprint density at radius 1 is 1.25 bits per heavy atom. The minimum absolute atomic E-state index is 0.0191. The SMILES string of the molecule is C[C@@H]1C(=O)NC[C@H]1c1cc2c(cc1F)N(Cc1ccccc1)CC2. The first-order valence-electron chi connectivity index (χ1n) is 8.52. The summed E-state index contributed by atoms with van der Waals surface area (Å²) in [4.78, 5) is 14.0. The van der Waals surface area contributed by atoms with Crippen LogP contribution in [0.4, 0.5) is 10.1 Å². The van der Waals surface area contributed by atoms with Crippen LogP contribution in [0.5, 0.6) is 0 Å². The molecule has 0 aromatic heterocycles. The lowest BCUT2D eigenvalue weighted by molar-refractivity contribution is -0.122. The predicted octanol–water partition coefficient (Wildman–Crippen LogP) is 3.24. The summed E-state index contributed by atoms with van der Waals surface area (Å²) in [6, 6.07) is 13.9. The molecule has 1 N–H and O–H groups in total. The average molecular weight is 324 g/mol. The lowest BCUT2D eigenvalue weighted by atomic mass is 9.88. The van der Waals surface area contributed by atoms with Crippen molar-refractivity contribution < 1.29 is 9.18 Å². The fraction of sp³-hybridized carbons (Fsp3) is 0.350. The van der Waals surface area contributed by atoms with Crippen molar-refractivity contribution in [3.05, 3.63) is 65.0 Å². The van der Waals surface area contributed by atoms with E-state index < -0.39 is 0 Å². The molecule has 2 atom stereocenters. The van der Waals surface area contributed by atoms with Gasteiger partial charge in [-0.1, -0.05) is 43.3 Å². The Morgan fingerprint density at radius 2 is 2.04 bits per heavy atom. The van der Waals surface area contributed by atoms with Gasteiger partial charge < -0.3 is 10.2 Å². The van der Waals surface area contributed by atoms with Gasteiger partial charge in [-0.3, -0.25) is 4.79 Å². The fourth-order valence-electron chi connectivity index (χ4n) is 3.86. The Labute approximate surface area is 141 Å². The maximum Gasteiger partial charge on any atom is 0.223 e. The highest BCUT2D eigenvalue weighted by Crippen LogP contribution is 2.37. The molecule has 2 aliphatic heterocycles. The van der Waals surface area contributed by atoms with Gasteiger partial charge in [0.2, 0.25) is 5.91 Å². The number of fused-ring (bicyclic) bond motifs is 1. The standard InChI is InChI=1S/C20H21FN2O/c1-13-17(11-22-20(13)24)16-9-15-7-8-23(19(15)10-18(16)21)12-14-5-3-2-4-6-14/h2-6,9-10,13,17H,7-8,11-12H2,1H3,(H,22,24)/t13-,17+/m0/s1. The van der Waals surface area contributed by atoms with Gasteiger partial charge in [-0.05, 0) is 29.2 Å². The molecule has 4 rings (SSSR count). The molecule has 1 amide bonds. The summed E-state index contributed by atoms with van der Waals surface area (Å²) in [6.45, 7) is 4.11. The van der Waals surface area contributed by atoms with E-state index in [0.717, 1.165) is 25.2 Å². The molecule has 1 fully saturated rings. The van der Waals surface area contributed by atoms with E-state index in [1.165, 1.54) is 11.1 Å². The lowest BCUT2D eigenvalue weighted by Gasteiger charge is -2.21. The predicted molar refractivity (Wildman–Crippen MR) is 92.5 cm³/mol. The third-order valence-corrected chi connectivity index (χ3v) is 5.32. The molecule has 3 nitrogen and oxygen atoms in total. The van der Waals surface area contributed by atoms with Gasteiger partial charge in [-0.2, -0.15) is 0 Å². The molecule has 0 saturated carbocycles. The highest BCUT2D eigenvalue weighted by atomic mass is 19.1. The molecule has 0 aliphatic carbocycles. The summed E-state index contributed by atoms with van der Waals surface area (Å²) < 4.78 is 14.7. The van der Waals surface area contributed by atoms with E-state index in [1.807, 2.05) is 31.2 Å². The van der Waals surface area contributed by atoms with Gasteiger partial charge in [0.15, 0.2) is 0 Å². The molecule has 4 heteroatoms. The van der Waals surface area contributed by atoms with Crippen LogP contribution in [-0.2, 0) is 17.8 Å². The van der Waals surface area contributed by atoms with E-state index in [1.54, 1.807) is 6.07 Å². The maximum atomic E-state index is 14.7. The summed E-state index contributed by atoms with van der Waals surface area (Å²) in [6.07, 6.45) is 0.928. The summed E-state index contributed by atoms with van der Waals surface area (Å²) in [7, 11) is 0. The number of nitrogens with zero attached hydrogens (tertiary/aromatic N) is 1. The van der Waals surface area contributed by atoms with Crippen LogP contribution in [0.2, 0.25) is 0 Å². The van der Waals surface area contributed by atoms with E-state index >= 15 is 0 Å². The minimum atomic E-state index is -0.193. The Hall–Kier alpha value is -2.36. The summed E-state index contributed by atoms with van der Waals surface area (Å²) in [5.41, 5.74) is 4.09. The van der Waals surface area contributed by atoms with Crippen molar-refractivity contribution in [1.82, 2.24) is 5.32 Å². The molecular formula is C20H21FN2O. The highest BCUT2D eigenvalue weighted by molar-refractivity contribution is 5.82. The second-order valence-corrected chi connectivity index (χ2v) is 6.80. The first-order chi connectivity index (χ1) is 11.6. The van der Waals surface area contributed by atoms with E-state index in [4.69, 9.17) is 0 Å². The van der Waals surface area contributed by atoms with Gasteiger partial charge in [-0.25, -0.2) is 4.39 Å². The van der Waals surface area contributed by atoms with Crippen LogP contribution in [0.1, 0.15) is 29.5 Å². The van der Waals surface area contributed by atoms with Gasteiger partial charge in [-0.15, -0.1) is 0 Å². The zero-order valence-corrected chi connectivity index (χ0v) is 13.8. The van der Waals surface area contributed by atoms with Gasteiger partial charge in [0.05, 0.1) is 0 Å². The first kappa shape index (κ1) is 15.2. The molecule has 2 heterocycles. The number of nitrogens with one attached hydrogen (secondary N) is 1. The Morgan fingerprint density at radius 3 is 2.75 bits per heavy atom. The molecule has 0 radical (unpaired) electrons. The molecule has 2 aromatic carbocycles. The zero-order chi connectivity index (χ0) is 16.7. The summed E-state index contributed by atoms with van der Waals surface area (Å²) >= 11 is 0. The number of anilines is 1. The number of halogens is 1. The molecule has 2 aliphatic rings. The van der Waals surface area contributed by atoms with Crippen LogP contribution >= 0.6 is 0 Å². The minimum Gasteiger partial charge on any atom is -0.367 e. The monoisotopic (exact) mass is 324 g/mol. The van der Waals surface area contributed by atoms with E-state index in [-0.39, 0.29) is 23.6 Å². The van der Waals surface area contributed by atoms with Crippen molar-refractivity contribution in [3.8, 4) is 0 Å². The third kappa shape index (κ3) is 2.56. The summed E-state index contributed by atoms with van der Waals surface area (Å²) in [5.74, 6) is -0.405. The van der Waals surface area contributed by atoms with E-state index in [9.17, 15) is 9.18 Å². The van der Waals surface area contributed by atoms with Gasteiger partial charge in [0, 0.05) is 37.2 Å². The van der Waals surface area contributed by atoms with Crippen LogP contribution in [-0.4, -0.2) is 19.0 Å². The highest BCUT2D eigenvalue weighted by Gasteiger charge is 2.34. The molecule has 24 heavy (non-hydrogen) atoms. The number of carbonyl (C=O) groups excluding carboxylic acids is 1. The molecule has 124 valence electrons. The largest absolute Gasteiger partial charge is 0.367 e. The number of amides is 1. The topological polar surface area (TPSA) is 32.3 Å². The van der Waals surface area contributed by atoms with Crippen molar-refractivity contribution in [2.45, 2.75) is 25.8 Å². The van der Waals surface area contributed by atoms with Gasteiger partial charge in [0.25, 0.3) is 0 Å². The number of benzene rings is 2. The van der Waals surface area contributed by atoms with Crippen LogP contribution in [0.25, 0.3) is 0 Å². The number of hydrogen-bond acceptors (Lipinski definition) is 2.